The van der Waals surface area contributed by atoms with Crippen LogP contribution in [0, 0.1) is 16.7 Å². The second-order valence-electron chi connectivity index (χ2n) is 4.99. The van der Waals surface area contributed by atoms with E-state index in [0.29, 0.717) is 12.8 Å². The van der Waals surface area contributed by atoms with Gasteiger partial charge in [-0.1, -0.05) is 27.2 Å². The van der Waals surface area contributed by atoms with E-state index in [1.165, 1.54) is 0 Å². The van der Waals surface area contributed by atoms with Crippen LogP contribution in [0.25, 0.3) is 0 Å². The van der Waals surface area contributed by atoms with Crippen molar-refractivity contribution in [2.75, 3.05) is 0 Å². The van der Waals surface area contributed by atoms with Crippen LogP contribution in [0.15, 0.2) is 0 Å². The molecule has 1 amide bonds. The zero-order chi connectivity index (χ0) is 12.8. The lowest BCUT2D eigenvalue weighted by Gasteiger charge is -2.31. The van der Waals surface area contributed by atoms with Crippen LogP contribution in [-0.4, -0.2) is 11.4 Å². The number of hydrogen-bond acceptors (Lipinski definition) is 2. The third-order valence-electron chi connectivity index (χ3n) is 3.18. The van der Waals surface area contributed by atoms with E-state index < -0.39 is 5.41 Å². The number of carbonyl (C=O) groups is 1. The molecule has 0 aromatic rings. The molecule has 0 heterocycles. The minimum Gasteiger partial charge on any atom is -0.350 e. The maximum Gasteiger partial charge on any atom is 0.240 e. The Morgan fingerprint density at radius 1 is 1.25 bits per heavy atom. The summed E-state index contributed by atoms with van der Waals surface area (Å²) in [5.74, 6) is -0.126. The minimum absolute atomic E-state index is 0.126. The van der Waals surface area contributed by atoms with Gasteiger partial charge in [0, 0.05) is 5.54 Å². The molecule has 0 aliphatic carbocycles. The first-order chi connectivity index (χ1) is 7.37. The molecule has 92 valence electrons. The molecule has 0 aromatic carbocycles. The van der Waals surface area contributed by atoms with Gasteiger partial charge in [-0.3, -0.25) is 4.79 Å². The maximum atomic E-state index is 12.1. The molecule has 0 bridgehead atoms. The Labute approximate surface area is 99.2 Å². The highest BCUT2D eigenvalue weighted by molar-refractivity contribution is 5.85. The van der Waals surface area contributed by atoms with E-state index in [4.69, 9.17) is 5.26 Å². The average molecular weight is 224 g/mol. The number of hydrogen-bond donors (Lipinski definition) is 1. The van der Waals surface area contributed by atoms with E-state index in [2.05, 4.69) is 18.3 Å². The van der Waals surface area contributed by atoms with Crippen molar-refractivity contribution < 1.29 is 4.79 Å². The van der Waals surface area contributed by atoms with E-state index in [0.717, 1.165) is 12.8 Å². The summed E-state index contributed by atoms with van der Waals surface area (Å²) in [7, 11) is 0. The summed E-state index contributed by atoms with van der Waals surface area (Å²) < 4.78 is 0. The lowest BCUT2D eigenvalue weighted by molar-refractivity contribution is -0.130. The van der Waals surface area contributed by atoms with Gasteiger partial charge < -0.3 is 5.32 Å². The van der Waals surface area contributed by atoms with Crippen LogP contribution in [0.2, 0.25) is 0 Å². The van der Waals surface area contributed by atoms with Gasteiger partial charge in [0.05, 0.1) is 6.07 Å². The Bertz CT molecular complexity index is 272. The van der Waals surface area contributed by atoms with Crippen LogP contribution >= 0.6 is 0 Å². The summed E-state index contributed by atoms with van der Waals surface area (Å²) in [5, 5.41) is 12.2. The summed E-state index contributed by atoms with van der Waals surface area (Å²) in [6.45, 7) is 9.87. The molecule has 3 heteroatoms. The number of nitriles is 1. The highest BCUT2D eigenvalue weighted by Crippen LogP contribution is 2.27. The van der Waals surface area contributed by atoms with E-state index >= 15 is 0 Å². The number of rotatable bonds is 6. The van der Waals surface area contributed by atoms with Crippen molar-refractivity contribution in [3.8, 4) is 6.07 Å². The van der Waals surface area contributed by atoms with Crippen molar-refractivity contribution in [3.05, 3.63) is 0 Å². The van der Waals surface area contributed by atoms with Crippen molar-refractivity contribution in [2.24, 2.45) is 5.41 Å². The molecule has 0 aliphatic rings. The van der Waals surface area contributed by atoms with E-state index in [-0.39, 0.29) is 11.4 Å². The quantitative estimate of drug-likeness (QED) is 0.754. The fraction of sp³-hybridized carbons (Fsp3) is 0.846. The summed E-state index contributed by atoms with van der Waals surface area (Å²) in [6.07, 6.45) is 3.07. The van der Waals surface area contributed by atoms with Crippen LogP contribution in [0.1, 0.15) is 60.3 Å². The van der Waals surface area contributed by atoms with Gasteiger partial charge in [0.2, 0.25) is 5.91 Å². The molecular weight excluding hydrogens is 200 g/mol. The molecule has 16 heavy (non-hydrogen) atoms. The van der Waals surface area contributed by atoms with Crippen LogP contribution in [-0.2, 0) is 4.79 Å². The molecule has 1 N–H and O–H groups in total. The summed E-state index contributed by atoms with van der Waals surface area (Å²) in [4.78, 5) is 12.1. The minimum atomic E-state index is -0.856. The fourth-order valence-corrected chi connectivity index (χ4v) is 1.89. The highest BCUT2D eigenvalue weighted by Gasteiger charge is 2.37. The van der Waals surface area contributed by atoms with Crippen LogP contribution in [0.5, 0.6) is 0 Å². The zero-order valence-electron chi connectivity index (χ0n) is 11.2. The normalized spacial score (nSPS) is 12.0. The lowest BCUT2D eigenvalue weighted by atomic mass is 9.82. The average Bonchev–Trinajstić information content (AvgIpc) is 2.20. The maximum absolute atomic E-state index is 12.1. The molecule has 0 unspecified atom stereocenters. The Balaban J connectivity index is 4.74. The van der Waals surface area contributed by atoms with Gasteiger partial charge in [-0.25, -0.2) is 0 Å². The van der Waals surface area contributed by atoms with Gasteiger partial charge in [-0.2, -0.15) is 5.26 Å². The number of amides is 1. The number of nitrogens with one attached hydrogen (secondary N) is 1. The van der Waals surface area contributed by atoms with Gasteiger partial charge in [0.1, 0.15) is 5.41 Å². The number of carbonyl (C=O) groups excluding carboxylic acids is 1. The Morgan fingerprint density at radius 3 is 2.06 bits per heavy atom. The van der Waals surface area contributed by atoms with Gasteiger partial charge in [-0.15, -0.1) is 0 Å². The summed E-state index contributed by atoms with van der Waals surface area (Å²) in [5.41, 5.74) is -1.08. The van der Waals surface area contributed by atoms with Gasteiger partial charge >= 0.3 is 0 Å². The second-order valence-corrected chi connectivity index (χ2v) is 4.99. The monoisotopic (exact) mass is 224 g/mol. The van der Waals surface area contributed by atoms with Crippen LogP contribution < -0.4 is 5.32 Å². The zero-order valence-corrected chi connectivity index (χ0v) is 11.2. The fourth-order valence-electron chi connectivity index (χ4n) is 1.89. The van der Waals surface area contributed by atoms with Crippen LogP contribution in [0.4, 0.5) is 0 Å². The largest absolute Gasteiger partial charge is 0.350 e. The number of nitrogens with zero attached hydrogens (tertiary/aromatic N) is 1. The molecular formula is C13H24N2O. The molecule has 0 atom stereocenters. The second kappa shape index (κ2) is 5.89. The SMILES string of the molecule is CCCC(C)(C)NC(=O)C(C#N)(CC)CC. The first-order valence-electron chi connectivity index (χ1n) is 6.11. The molecule has 0 aliphatic heterocycles. The molecule has 0 aromatic heterocycles. The predicted octanol–water partition coefficient (Wildman–Crippen LogP) is 3.01. The molecule has 0 radical (unpaired) electrons. The van der Waals surface area contributed by atoms with E-state index in [9.17, 15) is 4.79 Å². The Kier molecular flexibility index (Phi) is 5.50. The molecule has 0 fully saturated rings. The molecule has 0 rings (SSSR count). The van der Waals surface area contributed by atoms with Gasteiger partial charge in [0.15, 0.2) is 0 Å². The van der Waals surface area contributed by atoms with Crippen molar-refractivity contribution in [3.63, 3.8) is 0 Å². The Morgan fingerprint density at radius 2 is 1.75 bits per heavy atom. The standard InChI is InChI=1S/C13H24N2O/c1-6-9-12(4,5)15-11(16)13(7-2,8-3)10-14/h6-9H2,1-5H3,(H,15,16). The van der Waals surface area contributed by atoms with E-state index in [1.807, 2.05) is 27.7 Å². The van der Waals surface area contributed by atoms with Crippen LogP contribution in [0.3, 0.4) is 0 Å². The first kappa shape index (κ1) is 15.0. The summed E-state index contributed by atoms with van der Waals surface area (Å²) >= 11 is 0. The molecule has 0 spiro atoms. The first-order valence-corrected chi connectivity index (χ1v) is 6.11. The van der Waals surface area contributed by atoms with Crippen molar-refractivity contribution in [2.45, 2.75) is 65.8 Å². The third-order valence-corrected chi connectivity index (χ3v) is 3.18. The third kappa shape index (κ3) is 3.52. The Hall–Kier alpha value is -1.04. The van der Waals surface area contributed by atoms with Crippen molar-refractivity contribution in [1.29, 1.82) is 5.26 Å². The highest BCUT2D eigenvalue weighted by atomic mass is 16.2. The van der Waals surface area contributed by atoms with Crippen molar-refractivity contribution in [1.82, 2.24) is 5.32 Å². The smallest absolute Gasteiger partial charge is 0.240 e. The molecule has 0 saturated heterocycles. The molecule has 3 nitrogen and oxygen atoms in total. The van der Waals surface area contributed by atoms with Gasteiger partial charge in [-0.05, 0) is 33.1 Å². The van der Waals surface area contributed by atoms with E-state index in [1.54, 1.807) is 0 Å². The van der Waals surface area contributed by atoms with Crippen molar-refractivity contribution >= 4 is 5.91 Å². The topological polar surface area (TPSA) is 52.9 Å². The lowest BCUT2D eigenvalue weighted by Crippen LogP contribution is -2.49. The molecule has 0 saturated carbocycles. The van der Waals surface area contributed by atoms with Gasteiger partial charge in [0.25, 0.3) is 0 Å². The predicted molar refractivity (Wildman–Crippen MR) is 65.8 cm³/mol. The summed E-state index contributed by atoms with van der Waals surface area (Å²) in [6, 6.07) is 2.17.